The van der Waals surface area contributed by atoms with Crippen molar-refractivity contribution in [1.82, 2.24) is 9.97 Å². The van der Waals surface area contributed by atoms with Crippen molar-refractivity contribution in [3.8, 4) is 17.1 Å². The molecule has 0 fully saturated rings. The van der Waals surface area contributed by atoms with E-state index < -0.39 is 0 Å². The monoisotopic (exact) mass is 215 g/mol. The highest BCUT2D eigenvalue weighted by molar-refractivity contribution is 5.67. The van der Waals surface area contributed by atoms with Gasteiger partial charge < -0.3 is 10.5 Å². The first kappa shape index (κ1) is 10.4. The Morgan fingerprint density at radius 2 is 2.12 bits per heavy atom. The lowest BCUT2D eigenvalue weighted by atomic mass is 10.1. The molecule has 0 spiro atoms. The highest BCUT2D eigenvalue weighted by Crippen LogP contribution is 2.26. The standard InChI is InChI=1S/C12H13N3O/c1-8-4-3-5-14-11(8)9-6-10(13)12(16-2)15-7-9/h3-7H,13H2,1-2H3. The number of nitrogen functional groups attached to an aromatic ring is 1. The van der Waals surface area contributed by atoms with E-state index in [1.807, 2.05) is 25.1 Å². The molecule has 0 saturated heterocycles. The Balaban J connectivity index is 2.50. The molecular formula is C12H13N3O. The number of nitrogens with two attached hydrogens (primary N) is 1. The smallest absolute Gasteiger partial charge is 0.236 e. The fraction of sp³-hybridized carbons (Fsp3) is 0.167. The average molecular weight is 215 g/mol. The van der Waals surface area contributed by atoms with E-state index in [0.717, 1.165) is 16.8 Å². The van der Waals surface area contributed by atoms with Gasteiger partial charge in [0.25, 0.3) is 0 Å². The molecule has 0 bridgehead atoms. The maximum absolute atomic E-state index is 5.80. The Morgan fingerprint density at radius 1 is 1.31 bits per heavy atom. The van der Waals surface area contributed by atoms with Crippen LogP contribution in [0.5, 0.6) is 5.88 Å². The summed E-state index contributed by atoms with van der Waals surface area (Å²) < 4.78 is 5.01. The number of rotatable bonds is 2. The van der Waals surface area contributed by atoms with Crippen LogP contribution in [0.4, 0.5) is 5.69 Å². The lowest BCUT2D eigenvalue weighted by molar-refractivity contribution is 0.400. The predicted octanol–water partition coefficient (Wildman–Crippen LogP) is 2.04. The van der Waals surface area contributed by atoms with E-state index >= 15 is 0 Å². The Bertz CT molecular complexity index is 511. The second-order valence-electron chi connectivity index (χ2n) is 3.49. The van der Waals surface area contributed by atoms with Crippen LogP contribution in [0.15, 0.2) is 30.6 Å². The van der Waals surface area contributed by atoms with Crippen LogP contribution in [-0.2, 0) is 0 Å². The quantitative estimate of drug-likeness (QED) is 0.832. The molecular weight excluding hydrogens is 202 g/mol. The molecule has 0 aliphatic carbocycles. The highest BCUT2D eigenvalue weighted by Gasteiger charge is 2.06. The summed E-state index contributed by atoms with van der Waals surface area (Å²) in [5.74, 6) is 0.442. The fourth-order valence-electron chi connectivity index (χ4n) is 1.56. The zero-order valence-electron chi connectivity index (χ0n) is 9.27. The first-order valence-electron chi connectivity index (χ1n) is 4.94. The molecule has 82 valence electrons. The van der Waals surface area contributed by atoms with Crippen LogP contribution in [0.3, 0.4) is 0 Å². The Morgan fingerprint density at radius 3 is 2.75 bits per heavy atom. The van der Waals surface area contributed by atoms with Crippen molar-refractivity contribution in [2.45, 2.75) is 6.92 Å². The minimum Gasteiger partial charge on any atom is -0.480 e. The van der Waals surface area contributed by atoms with Gasteiger partial charge in [-0.1, -0.05) is 6.07 Å². The van der Waals surface area contributed by atoms with Crippen molar-refractivity contribution < 1.29 is 4.74 Å². The first-order valence-corrected chi connectivity index (χ1v) is 4.94. The number of pyridine rings is 2. The minimum atomic E-state index is 0.442. The summed E-state index contributed by atoms with van der Waals surface area (Å²) in [6.07, 6.45) is 3.47. The summed E-state index contributed by atoms with van der Waals surface area (Å²) in [6, 6.07) is 5.73. The average Bonchev–Trinajstić information content (AvgIpc) is 2.29. The van der Waals surface area contributed by atoms with Crippen LogP contribution < -0.4 is 10.5 Å². The predicted molar refractivity (Wildman–Crippen MR) is 63.2 cm³/mol. The van der Waals surface area contributed by atoms with E-state index in [4.69, 9.17) is 10.5 Å². The van der Waals surface area contributed by atoms with Crippen LogP contribution in [0, 0.1) is 6.92 Å². The van der Waals surface area contributed by atoms with Crippen molar-refractivity contribution in [2.75, 3.05) is 12.8 Å². The second kappa shape index (κ2) is 4.18. The number of hydrogen-bond acceptors (Lipinski definition) is 4. The lowest BCUT2D eigenvalue weighted by Gasteiger charge is -2.07. The molecule has 2 aromatic heterocycles. The van der Waals surface area contributed by atoms with E-state index in [1.165, 1.54) is 0 Å². The van der Waals surface area contributed by atoms with Gasteiger partial charge in [0.2, 0.25) is 5.88 Å². The van der Waals surface area contributed by atoms with E-state index in [-0.39, 0.29) is 0 Å². The van der Waals surface area contributed by atoms with Gasteiger partial charge in [0.15, 0.2) is 0 Å². The van der Waals surface area contributed by atoms with Crippen molar-refractivity contribution in [3.05, 3.63) is 36.2 Å². The topological polar surface area (TPSA) is 61.0 Å². The van der Waals surface area contributed by atoms with Gasteiger partial charge in [-0.25, -0.2) is 4.98 Å². The molecule has 2 heterocycles. The summed E-state index contributed by atoms with van der Waals surface area (Å²) in [6.45, 7) is 2.00. The van der Waals surface area contributed by atoms with Crippen molar-refractivity contribution >= 4 is 5.69 Å². The molecule has 0 saturated carbocycles. The number of anilines is 1. The summed E-state index contributed by atoms with van der Waals surface area (Å²) in [4.78, 5) is 8.44. The van der Waals surface area contributed by atoms with Gasteiger partial charge in [0, 0.05) is 18.0 Å². The molecule has 0 unspecified atom stereocenters. The third kappa shape index (κ3) is 1.82. The van der Waals surface area contributed by atoms with Gasteiger partial charge in [-0.15, -0.1) is 0 Å². The van der Waals surface area contributed by atoms with Crippen LogP contribution in [0.25, 0.3) is 11.3 Å². The summed E-state index contributed by atoms with van der Waals surface area (Å²) >= 11 is 0. The largest absolute Gasteiger partial charge is 0.480 e. The number of aromatic nitrogens is 2. The zero-order chi connectivity index (χ0) is 11.5. The molecule has 0 amide bonds. The maximum Gasteiger partial charge on any atom is 0.236 e. The third-order valence-electron chi connectivity index (χ3n) is 2.36. The summed E-state index contributed by atoms with van der Waals surface area (Å²) in [5.41, 5.74) is 9.21. The molecule has 2 rings (SSSR count). The van der Waals surface area contributed by atoms with Crippen molar-refractivity contribution in [3.63, 3.8) is 0 Å². The third-order valence-corrected chi connectivity index (χ3v) is 2.36. The number of hydrogen-bond donors (Lipinski definition) is 1. The van der Waals surface area contributed by atoms with Gasteiger partial charge in [0.1, 0.15) is 0 Å². The molecule has 0 aliphatic heterocycles. The molecule has 0 radical (unpaired) electrons. The molecule has 0 aromatic carbocycles. The van der Waals surface area contributed by atoms with Crippen LogP contribution in [0.1, 0.15) is 5.56 Å². The van der Waals surface area contributed by atoms with E-state index in [0.29, 0.717) is 11.6 Å². The summed E-state index contributed by atoms with van der Waals surface area (Å²) in [7, 11) is 1.55. The fourth-order valence-corrected chi connectivity index (χ4v) is 1.56. The van der Waals surface area contributed by atoms with Crippen molar-refractivity contribution in [2.24, 2.45) is 0 Å². The number of methoxy groups -OCH3 is 1. The number of aryl methyl sites for hydroxylation is 1. The van der Waals surface area contributed by atoms with E-state index in [2.05, 4.69) is 9.97 Å². The van der Waals surface area contributed by atoms with Gasteiger partial charge in [-0.3, -0.25) is 4.98 Å². The van der Waals surface area contributed by atoms with E-state index in [1.54, 1.807) is 19.5 Å². The maximum atomic E-state index is 5.80. The first-order chi connectivity index (χ1) is 7.72. The number of ether oxygens (including phenoxy) is 1. The Kier molecular flexibility index (Phi) is 2.72. The zero-order valence-corrected chi connectivity index (χ0v) is 9.27. The molecule has 16 heavy (non-hydrogen) atoms. The van der Waals surface area contributed by atoms with Crippen LogP contribution in [-0.4, -0.2) is 17.1 Å². The van der Waals surface area contributed by atoms with Crippen molar-refractivity contribution in [1.29, 1.82) is 0 Å². The van der Waals surface area contributed by atoms with E-state index in [9.17, 15) is 0 Å². The second-order valence-corrected chi connectivity index (χ2v) is 3.49. The van der Waals surface area contributed by atoms with Gasteiger partial charge in [-0.2, -0.15) is 0 Å². The number of nitrogens with zero attached hydrogens (tertiary/aromatic N) is 2. The Labute approximate surface area is 94.1 Å². The highest BCUT2D eigenvalue weighted by atomic mass is 16.5. The lowest BCUT2D eigenvalue weighted by Crippen LogP contribution is -1.97. The molecule has 4 nitrogen and oxygen atoms in total. The summed E-state index contributed by atoms with van der Waals surface area (Å²) in [5, 5.41) is 0. The van der Waals surface area contributed by atoms with Gasteiger partial charge in [0.05, 0.1) is 18.5 Å². The molecule has 4 heteroatoms. The van der Waals surface area contributed by atoms with Gasteiger partial charge in [-0.05, 0) is 24.6 Å². The molecule has 2 N–H and O–H groups in total. The Hall–Kier alpha value is -2.10. The minimum absolute atomic E-state index is 0.442. The molecule has 0 atom stereocenters. The normalized spacial score (nSPS) is 10.1. The van der Waals surface area contributed by atoms with Crippen LogP contribution >= 0.6 is 0 Å². The molecule has 0 aliphatic rings. The van der Waals surface area contributed by atoms with Gasteiger partial charge >= 0.3 is 0 Å². The SMILES string of the molecule is COc1ncc(-c2ncccc2C)cc1N. The molecule has 2 aromatic rings. The van der Waals surface area contributed by atoms with Crippen LogP contribution in [0.2, 0.25) is 0 Å².